The van der Waals surface area contributed by atoms with E-state index in [1.165, 1.54) is 34.1 Å². The molecule has 1 saturated heterocycles. The first-order valence-corrected chi connectivity index (χ1v) is 12.3. The number of nitrogens with one attached hydrogen (secondary N) is 2. The topological polar surface area (TPSA) is 91.0 Å². The Morgan fingerprint density at radius 1 is 1.30 bits per heavy atom. The third-order valence-electron chi connectivity index (χ3n) is 6.90. The third kappa shape index (κ3) is 5.22. The lowest BCUT2D eigenvalue weighted by Gasteiger charge is -2.33. The van der Waals surface area contributed by atoms with E-state index in [-0.39, 0.29) is 47.9 Å². The Kier molecular flexibility index (Phi) is 7.63. The van der Waals surface area contributed by atoms with Gasteiger partial charge in [-0.3, -0.25) is 14.5 Å². The Morgan fingerprint density at radius 3 is 2.65 bits per heavy atom. The van der Waals surface area contributed by atoms with Gasteiger partial charge in [-0.15, -0.1) is 6.58 Å². The lowest BCUT2D eigenvalue weighted by molar-refractivity contribution is -0.139. The fourth-order valence-electron chi connectivity index (χ4n) is 5.23. The molecule has 4 rings (SSSR count). The van der Waals surface area contributed by atoms with E-state index in [1.807, 2.05) is 0 Å². The first-order chi connectivity index (χ1) is 17.5. The fourth-order valence-corrected chi connectivity index (χ4v) is 5.23. The highest BCUT2D eigenvalue weighted by Crippen LogP contribution is 2.42. The van der Waals surface area contributed by atoms with Crippen LogP contribution in [-0.4, -0.2) is 66.0 Å². The molecule has 1 aromatic rings. The minimum atomic E-state index is -4.69. The van der Waals surface area contributed by atoms with Gasteiger partial charge in [0.25, 0.3) is 5.91 Å². The molecule has 11 heteroatoms. The van der Waals surface area contributed by atoms with Crippen molar-refractivity contribution in [1.82, 2.24) is 20.4 Å². The average Bonchev–Trinajstić information content (AvgIpc) is 3.47. The third-order valence-corrected chi connectivity index (χ3v) is 6.90. The highest BCUT2D eigenvalue weighted by molar-refractivity contribution is 6.03. The summed E-state index contributed by atoms with van der Waals surface area (Å²) in [4.78, 5) is 42.7. The molecule has 1 aromatic carbocycles. The summed E-state index contributed by atoms with van der Waals surface area (Å²) in [5.74, 6) is -1.26. The number of ether oxygens (including phenoxy) is 1. The van der Waals surface area contributed by atoms with Crippen LogP contribution >= 0.6 is 0 Å². The molecule has 200 valence electrons. The first kappa shape index (κ1) is 26.7. The van der Waals surface area contributed by atoms with E-state index in [2.05, 4.69) is 17.2 Å². The van der Waals surface area contributed by atoms with Crippen LogP contribution in [0.25, 0.3) is 0 Å². The van der Waals surface area contributed by atoms with Crippen molar-refractivity contribution in [2.45, 2.75) is 51.1 Å². The van der Waals surface area contributed by atoms with Gasteiger partial charge in [-0.05, 0) is 30.4 Å². The summed E-state index contributed by atoms with van der Waals surface area (Å²) < 4.78 is 47.1. The van der Waals surface area contributed by atoms with E-state index in [0.29, 0.717) is 13.2 Å². The maximum Gasteiger partial charge on any atom is 0.416 e. The predicted molar refractivity (Wildman–Crippen MR) is 129 cm³/mol. The van der Waals surface area contributed by atoms with Crippen LogP contribution in [0.3, 0.4) is 0 Å². The summed E-state index contributed by atoms with van der Waals surface area (Å²) in [6.45, 7) is 8.15. The number of rotatable bonds is 8. The van der Waals surface area contributed by atoms with Crippen LogP contribution in [0.2, 0.25) is 0 Å². The summed E-state index contributed by atoms with van der Waals surface area (Å²) in [7, 11) is 0. The van der Waals surface area contributed by atoms with E-state index in [0.717, 1.165) is 18.9 Å². The molecule has 37 heavy (non-hydrogen) atoms. The van der Waals surface area contributed by atoms with Gasteiger partial charge in [0, 0.05) is 19.7 Å². The molecular formula is C26H31F3N4O4. The summed E-state index contributed by atoms with van der Waals surface area (Å²) in [6, 6.07) is 2.02. The molecular weight excluding hydrogens is 489 g/mol. The van der Waals surface area contributed by atoms with Crippen LogP contribution in [0.1, 0.15) is 43.9 Å². The summed E-state index contributed by atoms with van der Waals surface area (Å²) >= 11 is 0. The Labute approximate surface area is 213 Å². The molecule has 1 fully saturated rings. The molecule has 0 aliphatic carbocycles. The Bertz CT molecular complexity index is 1110. The zero-order valence-electron chi connectivity index (χ0n) is 20.8. The second-order valence-corrected chi connectivity index (χ2v) is 9.73. The van der Waals surface area contributed by atoms with Gasteiger partial charge in [0.05, 0.1) is 35.5 Å². The van der Waals surface area contributed by atoms with Gasteiger partial charge in [-0.25, -0.2) is 4.79 Å². The quantitative estimate of drug-likeness (QED) is 0.515. The standard InChI is InChI=1S/C26H31F3N4O4/c1-4-11-32-19-14-33(22(15(2)3)23(34)30-13-16-8-7-12-37-16)24(35)20(19)21(31-25(32)36)17-9-5-6-10-18(17)26(27,28)29/h4-6,9-10,15-16,21-22H,1,7-8,11-14H2,2-3H3,(H,30,34)(H,31,36)/t16-,21-,22+/m1/s1. The number of alkyl halides is 3. The molecule has 0 saturated carbocycles. The molecule has 3 atom stereocenters. The van der Waals surface area contributed by atoms with Gasteiger partial charge in [0.1, 0.15) is 6.04 Å². The monoisotopic (exact) mass is 520 g/mol. The highest BCUT2D eigenvalue weighted by atomic mass is 19.4. The Morgan fingerprint density at radius 2 is 2.03 bits per heavy atom. The van der Waals surface area contributed by atoms with Crippen LogP contribution in [-0.2, 0) is 20.5 Å². The van der Waals surface area contributed by atoms with Gasteiger partial charge >= 0.3 is 12.2 Å². The SMILES string of the molecule is C=CCN1C(=O)N[C@H](c2ccccc2C(F)(F)F)C2=C1CN([C@H](C(=O)NC[C@H]1CCCO1)C(C)C)C2=O. The number of hydrogen-bond donors (Lipinski definition) is 2. The molecule has 2 N–H and O–H groups in total. The number of benzene rings is 1. The summed E-state index contributed by atoms with van der Waals surface area (Å²) in [5, 5.41) is 5.44. The van der Waals surface area contributed by atoms with Crippen LogP contribution in [0, 0.1) is 5.92 Å². The van der Waals surface area contributed by atoms with Crippen LogP contribution < -0.4 is 10.6 Å². The van der Waals surface area contributed by atoms with Crippen LogP contribution in [0.5, 0.6) is 0 Å². The average molecular weight is 521 g/mol. The van der Waals surface area contributed by atoms with E-state index >= 15 is 0 Å². The van der Waals surface area contributed by atoms with Gasteiger partial charge in [-0.2, -0.15) is 13.2 Å². The number of hydrogen-bond acceptors (Lipinski definition) is 4. The number of urea groups is 1. The molecule has 0 spiro atoms. The number of carbonyl (C=O) groups is 3. The molecule has 0 bridgehead atoms. The first-order valence-electron chi connectivity index (χ1n) is 12.3. The van der Waals surface area contributed by atoms with Crippen LogP contribution in [0.4, 0.5) is 18.0 Å². The van der Waals surface area contributed by atoms with Crippen molar-refractivity contribution < 1.29 is 32.3 Å². The number of nitrogens with zero attached hydrogens (tertiary/aromatic N) is 2. The molecule has 0 aromatic heterocycles. The molecule has 4 amide bonds. The van der Waals surface area contributed by atoms with E-state index in [9.17, 15) is 27.6 Å². The predicted octanol–water partition coefficient (Wildman–Crippen LogP) is 3.37. The van der Waals surface area contributed by atoms with Gasteiger partial charge in [0.2, 0.25) is 5.91 Å². The Balaban J connectivity index is 1.70. The second kappa shape index (κ2) is 10.6. The number of amides is 4. The van der Waals surface area contributed by atoms with Crippen LogP contribution in [0.15, 0.2) is 48.2 Å². The lowest BCUT2D eigenvalue weighted by Crippen LogP contribution is -2.52. The molecule has 0 radical (unpaired) electrons. The summed E-state index contributed by atoms with van der Waals surface area (Å²) in [5.41, 5.74) is -0.873. The van der Waals surface area contributed by atoms with Crippen molar-refractivity contribution in [2.24, 2.45) is 5.92 Å². The van der Waals surface area contributed by atoms with Crippen molar-refractivity contribution in [3.05, 3.63) is 59.3 Å². The molecule has 3 aliphatic rings. The maximum absolute atomic E-state index is 13.9. The maximum atomic E-state index is 13.9. The normalized spacial score (nSPS) is 22.9. The van der Waals surface area contributed by atoms with Gasteiger partial charge in [-0.1, -0.05) is 38.1 Å². The van der Waals surface area contributed by atoms with E-state index in [1.54, 1.807) is 13.8 Å². The lowest BCUT2D eigenvalue weighted by atomic mass is 9.91. The van der Waals surface area contributed by atoms with Crippen molar-refractivity contribution in [2.75, 3.05) is 26.2 Å². The summed E-state index contributed by atoms with van der Waals surface area (Å²) in [6.07, 6.45) is -1.57. The zero-order chi connectivity index (χ0) is 26.9. The fraction of sp³-hybridized carbons (Fsp3) is 0.500. The van der Waals surface area contributed by atoms with Crippen molar-refractivity contribution in [3.8, 4) is 0 Å². The number of carbonyl (C=O) groups excluding carboxylic acids is 3. The largest absolute Gasteiger partial charge is 0.416 e. The minimum Gasteiger partial charge on any atom is -0.376 e. The van der Waals surface area contributed by atoms with Crippen molar-refractivity contribution in [3.63, 3.8) is 0 Å². The molecule has 8 nitrogen and oxygen atoms in total. The zero-order valence-corrected chi connectivity index (χ0v) is 20.8. The van der Waals surface area contributed by atoms with Gasteiger partial charge in [0.15, 0.2) is 0 Å². The number of halogens is 3. The van der Waals surface area contributed by atoms with Crippen molar-refractivity contribution >= 4 is 17.8 Å². The second-order valence-electron chi connectivity index (χ2n) is 9.73. The van der Waals surface area contributed by atoms with Gasteiger partial charge < -0.3 is 20.3 Å². The van der Waals surface area contributed by atoms with Crippen molar-refractivity contribution in [1.29, 1.82) is 0 Å². The smallest absolute Gasteiger partial charge is 0.376 e. The highest BCUT2D eigenvalue weighted by Gasteiger charge is 2.49. The van der Waals surface area contributed by atoms with E-state index in [4.69, 9.17) is 4.74 Å². The molecule has 3 aliphatic heterocycles. The molecule has 3 heterocycles. The molecule has 0 unspecified atom stereocenters. The minimum absolute atomic E-state index is 0.0238. The Hall–Kier alpha value is -3.34. The van der Waals surface area contributed by atoms with E-state index < -0.39 is 35.8 Å².